The second-order valence-electron chi connectivity index (χ2n) is 3.27. The molecule has 3 rings (SSSR count). The summed E-state index contributed by atoms with van der Waals surface area (Å²) in [6.45, 7) is 0. The summed E-state index contributed by atoms with van der Waals surface area (Å²) in [6.07, 6.45) is 9.24. The monoisotopic (exact) mass is 236 g/mol. The van der Waals surface area contributed by atoms with E-state index in [1.165, 1.54) is 0 Å². The topological polar surface area (TPSA) is 90.2 Å². The van der Waals surface area contributed by atoms with Crippen LogP contribution in [0.1, 0.15) is 0 Å². The molecule has 0 spiro atoms. The molecule has 18 heavy (non-hydrogen) atoms. The minimum atomic E-state index is 0.436. The number of hydrogen-bond donors (Lipinski definition) is 0. The van der Waals surface area contributed by atoms with Gasteiger partial charge in [0.1, 0.15) is 11.9 Å². The Hall–Kier alpha value is -2.83. The van der Waals surface area contributed by atoms with E-state index < -0.39 is 0 Å². The number of nitrogens with zero attached hydrogens (tertiary/aromatic N) is 7. The molecule has 0 N–H and O–H groups in total. The number of rotatable bonds is 2. The molecule has 0 saturated heterocycles. The highest BCUT2D eigenvalue weighted by Crippen LogP contribution is 2.22. The van der Waals surface area contributed by atoms with Crippen LogP contribution in [0.25, 0.3) is 22.9 Å². The molecule has 0 aromatic carbocycles. The summed E-state index contributed by atoms with van der Waals surface area (Å²) in [5, 5.41) is 11.1. The Morgan fingerprint density at radius 3 is 2.06 bits per heavy atom. The average molecular weight is 236 g/mol. The Kier molecular flexibility index (Phi) is 2.63. The van der Waals surface area contributed by atoms with Gasteiger partial charge in [-0.3, -0.25) is 0 Å². The minimum Gasteiger partial charge on any atom is -0.236 e. The van der Waals surface area contributed by atoms with Crippen molar-refractivity contribution in [2.75, 3.05) is 0 Å². The van der Waals surface area contributed by atoms with Crippen molar-refractivity contribution in [3.05, 3.63) is 43.1 Å². The van der Waals surface area contributed by atoms with E-state index in [-0.39, 0.29) is 0 Å². The van der Waals surface area contributed by atoms with E-state index in [1.54, 1.807) is 36.9 Å². The van der Waals surface area contributed by atoms with Crippen LogP contribution < -0.4 is 0 Å². The first kappa shape index (κ1) is 10.3. The standard InChI is InChI=1S/C11H6N7/c1-3-12-10(13-4-1)8-7-16-18-17-9(8)11-14-5-2-6-15-11/h1-6H. The lowest BCUT2D eigenvalue weighted by Crippen LogP contribution is -2.00. The van der Waals surface area contributed by atoms with Gasteiger partial charge < -0.3 is 0 Å². The molecule has 0 unspecified atom stereocenters. The van der Waals surface area contributed by atoms with Gasteiger partial charge >= 0.3 is 0 Å². The molecule has 7 nitrogen and oxygen atoms in total. The van der Waals surface area contributed by atoms with E-state index in [0.717, 1.165) is 0 Å². The Bertz CT molecular complexity index is 583. The molecule has 0 aliphatic rings. The molecule has 7 heteroatoms. The van der Waals surface area contributed by atoms with Gasteiger partial charge in [0, 0.05) is 24.8 Å². The summed E-state index contributed by atoms with van der Waals surface area (Å²) < 4.78 is 0. The van der Waals surface area contributed by atoms with Gasteiger partial charge in [-0.15, -0.1) is 10.2 Å². The zero-order valence-electron chi connectivity index (χ0n) is 9.09. The summed E-state index contributed by atoms with van der Waals surface area (Å²) >= 11 is 0. The van der Waals surface area contributed by atoms with Crippen LogP contribution in [0.15, 0.2) is 36.9 Å². The molecule has 0 fully saturated rings. The maximum Gasteiger partial charge on any atom is 0.180 e. The van der Waals surface area contributed by atoms with E-state index in [1.807, 2.05) is 0 Å². The summed E-state index contributed by atoms with van der Waals surface area (Å²) in [7, 11) is 0. The van der Waals surface area contributed by atoms with Crippen molar-refractivity contribution in [2.24, 2.45) is 0 Å². The first-order valence-corrected chi connectivity index (χ1v) is 5.11. The van der Waals surface area contributed by atoms with Crippen molar-refractivity contribution < 1.29 is 0 Å². The first-order chi connectivity index (χ1) is 8.95. The van der Waals surface area contributed by atoms with Crippen molar-refractivity contribution in [3.63, 3.8) is 0 Å². The van der Waals surface area contributed by atoms with Crippen molar-refractivity contribution in [1.29, 1.82) is 0 Å². The lowest BCUT2D eigenvalue weighted by molar-refractivity contribution is 0.858. The van der Waals surface area contributed by atoms with Crippen molar-refractivity contribution >= 4 is 0 Å². The molecular weight excluding hydrogens is 230 g/mol. The van der Waals surface area contributed by atoms with Gasteiger partial charge in [-0.05, 0) is 17.3 Å². The normalized spacial score (nSPS) is 10.2. The van der Waals surface area contributed by atoms with Crippen LogP contribution >= 0.6 is 0 Å². The molecule has 0 aliphatic carbocycles. The zero-order chi connectivity index (χ0) is 12.2. The van der Waals surface area contributed by atoms with Gasteiger partial charge in [0.15, 0.2) is 11.6 Å². The molecule has 3 aromatic heterocycles. The third-order valence-corrected chi connectivity index (χ3v) is 2.16. The van der Waals surface area contributed by atoms with Gasteiger partial charge in [-0.1, -0.05) is 0 Å². The molecule has 0 atom stereocenters. The highest BCUT2D eigenvalue weighted by atomic mass is 15.3. The van der Waals surface area contributed by atoms with Crippen molar-refractivity contribution in [1.82, 2.24) is 35.3 Å². The van der Waals surface area contributed by atoms with Gasteiger partial charge in [0.25, 0.3) is 0 Å². The van der Waals surface area contributed by atoms with E-state index >= 15 is 0 Å². The summed E-state index contributed by atoms with van der Waals surface area (Å²) in [5.74, 6) is 0.897. The number of aromatic nitrogens is 7. The van der Waals surface area contributed by atoms with Crippen LogP contribution in [0.4, 0.5) is 0 Å². The zero-order valence-corrected chi connectivity index (χ0v) is 9.09. The predicted octanol–water partition coefficient (Wildman–Crippen LogP) is 0.586. The van der Waals surface area contributed by atoms with Gasteiger partial charge in [-0.2, -0.15) is 0 Å². The molecule has 0 amide bonds. The molecule has 85 valence electrons. The first-order valence-electron chi connectivity index (χ1n) is 5.11. The van der Waals surface area contributed by atoms with E-state index in [2.05, 4.69) is 41.5 Å². The molecule has 0 bridgehead atoms. The lowest BCUT2D eigenvalue weighted by Gasteiger charge is -2.02. The van der Waals surface area contributed by atoms with E-state index in [9.17, 15) is 0 Å². The number of hydrogen-bond acceptors (Lipinski definition) is 7. The van der Waals surface area contributed by atoms with E-state index in [4.69, 9.17) is 0 Å². The van der Waals surface area contributed by atoms with Crippen molar-refractivity contribution in [2.45, 2.75) is 0 Å². The van der Waals surface area contributed by atoms with Crippen LogP contribution in [0, 0.1) is 6.20 Å². The maximum atomic E-state index is 4.13. The molecule has 3 aromatic rings. The van der Waals surface area contributed by atoms with Crippen LogP contribution in [0.3, 0.4) is 0 Å². The largest absolute Gasteiger partial charge is 0.236 e. The lowest BCUT2D eigenvalue weighted by atomic mass is 10.2. The van der Waals surface area contributed by atoms with Gasteiger partial charge in [-0.25, -0.2) is 19.9 Å². The summed E-state index contributed by atoms with van der Waals surface area (Å²) in [4.78, 5) is 16.5. The Morgan fingerprint density at radius 2 is 1.39 bits per heavy atom. The maximum absolute atomic E-state index is 4.13. The summed E-state index contributed by atoms with van der Waals surface area (Å²) in [6, 6.07) is 3.45. The second kappa shape index (κ2) is 4.58. The molecule has 0 aliphatic heterocycles. The molecule has 3 heterocycles. The van der Waals surface area contributed by atoms with E-state index in [0.29, 0.717) is 22.9 Å². The van der Waals surface area contributed by atoms with Gasteiger partial charge in [0.2, 0.25) is 0 Å². The quantitative estimate of drug-likeness (QED) is 0.642. The second-order valence-corrected chi connectivity index (χ2v) is 3.27. The van der Waals surface area contributed by atoms with Crippen LogP contribution in [-0.2, 0) is 0 Å². The molecule has 1 radical (unpaired) electrons. The third-order valence-electron chi connectivity index (χ3n) is 2.16. The smallest absolute Gasteiger partial charge is 0.180 e. The third kappa shape index (κ3) is 1.88. The van der Waals surface area contributed by atoms with Crippen LogP contribution in [0.2, 0.25) is 0 Å². The Labute approximate surface area is 102 Å². The Balaban J connectivity index is 2.18. The Morgan fingerprint density at radius 1 is 0.778 bits per heavy atom. The SMILES string of the molecule is [c]1nnnc(-c2ncccn2)c1-c1ncccn1. The fourth-order valence-electron chi connectivity index (χ4n) is 1.40. The van der Waals surface area contributed by atoms with Crippen molar-refractivity contribution in [3.8, 4) is 22.9 Å². The minimum absolute atomic E-state index is 0.436. The average Bonchev–Trinajstić information content (AvgIpc) is 2.49. The highest BCUT2D eigenvalue weighted by molar-refractivity contribution is 5.71. The summed E-state index contributed by atoms with van der Waals surface area (Å²) in [5.41, 5.74) is 0.980. The van der Waals surface area contributed by atoms with Crippen LogP contribution in [-0.4, -0.2) is 35.3 Å². The molecule has 0 saturated carbocycles. The van der Waals surface area contributed by atoms with Gasteiger partial charge in [0.05, 0.1) is 5.56 Å². The fraction of sp³-hybridized carbons (Fsp3) is 0. The highest BCUT2D eigenvalue weighted by Gasteiger charge is 2.14. The molecular formula is C11H6N7. The fourth-order valence-corrected chi connectivity index (χ4v) is 1.40. The predicted molar refractivity (Wildman–Crippen MR) is 60.7 cm³/mol. The van der Waals surface area contributed by atoms with Crippen LogP contribution in [0.5, 0.6) is 0 Å².